The Morgan fingerprint density at radius 3 is 2.41 bits per heavy atom. The molecule has 7 nitrogen and oxygen atoms in total. The number of piperazine rings is 1. The van der Waals surface area contributed by atoms with Gasteiger partial charge in [-0.3, -0.25) is 15.0 Å². The van der Waals surface area contributed by atoms with Gasteiger partial charge in [0.25, 0.3) is 5.91 Å². The van der Waals surface area contributed by atoms with Gasteiger partial charge in [0.2, 0.25) is 0 Å². The highest BCUT2D eigenvalue weighted by molar-refractivity contribution is 5.96. The number of anilines is 2. The van der Waals surface area contributed by atoms with Crippen molar-refractivity contribution >= 4 is 28.4 Å². The van der Waals surface area contributed by atoms with E-state index in [0.717, 1.165) is 37.7 Å². The van der Waals surface area contributed by atoms with Crippen LogP contribution in [0.15, 0.2) is 48.7 Å². The number of carbonyl (C=O) groups excluding carboxylic acids is 1. The molecule has 0 radical (unpaired) electrons. The van der Waals surface area contributed by atoms with Crippen molar-refractivity contribution in [2.75, 3.05) is 36.0 Å². The van der Waals surface area contributed by atoms with Crippen LogP contribution in [0.2, 0.25) is 0 Å². The van der Waals surface area contributed by atoms with Gasteiger partial charge < -0.3 is 9.80 Å². The second kappa shape index (κ2) is 7.16. The maximum absolute atomic E-state index is 13.1. The van der Waals surface area contributed by atoms with Gasteiger partial charge >= 0.3 is 0 Å². The van der Waals surface area contributed by atoms with Gasteiger partial charge in [0, 0.05) is 37.4 Å². The van der Waals surface area contributed by atoms with Crippen LogP contribution in [0, 0.1) is 5.82 Å². The molecule has 1 fully saturated rings. The predicted molar refractivity (Wildman–Crippen MR) is 99.6 cm³/mol. The van der Waals surface area contributed by atoms with Crippen molar-refractivity contribution in [3.8, 4) is 0 Å². The Bertz CT molecular complexity index is 972. The van der Waals surface area contributed by atoms with E-state index in [1.807, 2.05) is 0 Å². The molecule has 0 unspecified atom stereocenters. The average Bonchev–Trinajstić information content (AvgIpc) is 2.73. The molecule has 0 bridgehead atoms. The largest absolute Gasteiger partial charge is 0.368 e. The first kappa shape index (κ1) is 17.2. The maximum atomic E-state index is 13.1. The van der Waals surface area contributed by atoms with Gasteiger partial charge in [0.05, 0.1) is 17.2 Å². The first-order chi connectivity index (χ1) is 13.1. The molecule has 2 heterocycles. The van der Waals surface area contributed by atoms with Crippen molar-refractivity contribution in [2.24, 2.45) is 0 Å². The molecule has 0 saturated carbocycles. The number of carbonyl (C=O) groups is 1. The van der Waals surface area contributed by atoms with E-state index in [1.165, 1.54) is 12.1 Å². The SMILES string of the molecule is O=C(NO)c1ccc2nc(N3CCN(c4ccc(F)cc4)CC3)cnc2c1. The fraction of sp³-hybridized carbons (Fsp3) is 0.211. The van der Waals surface area contributed by atoms with Gasteiger partial charge in [0.1, 0.15) is 11.6 Å². The van der Waals surface area contributed by atoms with E-state index >= 15 is 0 Å². The van der Waals surface area contributed by atoms with Crippen LogP contribution in [0.1, 0.15) is 10.4 Å². The number of halogens is 1. The molecule has 1 aliphatic rings. The van der Waals surface area contributed by atoms with Crippen molar-refractivity contribution in [2.45, 2.75) is 0 Å². The molecule has 4 rings (SSSR count). The predicted octanol–water partition coefficient (Wildman–Crippen LogP) is 2.21. The number of hydroxylamine groups is 1. The zero-order chi connectivity index (χ0) is 18.8. The second-order valence-corrected chi connectivity index (χ2v) is 6.32. The number of amides is 1. The number of fused-ring (bicyclic) bond motifs is 1. The Morgan fingerprint density at radius 1 is 1.00 bits per heavy atom. The number of nitrogens with one attached hydrogen (secondary N) is 1. The molecule has 1 saturated heterocycles. The number of hydrogen-bond donors (Lipinski definition) is 2. The van der Waals surface area contributed by atoms with Crippen LogP contribution in [0.3, 0.4) is 0 Å². The maximum Gasteiger partial charge on any atom is 0.274 e. The van der Waals surface area contributed by atoms with Crippen molar-refractivity contribution < 1.29 is 14.4 Å². The van der Waals surface area contributed by atoms with Gasteiger partial charge in [-0.05, 0) is 42.5 Å². The minimum atomic E-state index is -0.584. The Balaban J connectivity index is 1.48. The van der Waals surface area contributed by atoms with E-state index in [4.69, 9.17) is 5.21 Å². The molecular weight excluding hydrogens is 349 g/mol. The lowest BCUT2D eigenvalue weighted by molar-refractivity contribution is 0.0706. The van der Waals surface area contributed by atoms with Crippen molar-refractivity contribution in [1.29, 1.82) is 0 Å². The molecule has 2 N–H and O–H groups in total. The van der Waals surface area contributed by atoms with Crippen LogP contribution in [0.4, 0.5) is 15.9 Å². The molecule has 138 valence electrons. The zero-order valence-electron chi connectivity index (χ0n) is 14.5. The summed E-state index contributed by atoms with van der Waals surface area (Å²) in [7, 11) is 0. The Labute approximate surface area is 155 Å². The molecule has 1 aliphatic heterocycles. The molecule has 0 atom stereocenters. The van der Waals surface area contributed by atoms with Gasteiger partial charge in [-0.1, -0.05) is 0 Å². The standard InChI is InChI=1S/C19H18FN5O2/c20-14-2-4-15(5-3-14)24-7-9-25(10-8-24)18-12-21-17-11-13(19(26)23-27)1-6-16(17)22-18/h1-6,11-12,27H,7-10H2,(H,23,26). The molecule has 27 heavy (non-hydrogen) atoms. The summed E-state index contributed by atoms with van der Waals surface area (Å²) in [6.07, 6.45) is 1.69. The summed E-state index contributed by atoms with van der Waals surface area (Å²) in [6, 6.07) is 11.4. The summed E-state index contributed by atoms with van der Waals surface area (Å²) in [4.78, 5) is 24.9. The van der Waals surface area contributed by atoms with Gasteiger partial charge in [0.15, 0.2) is 0 Å². The summed E-state index contributed by atoms with van der Waals surface area (Å²) in [6.45, 7) is 3.17. The van der Waals surface area contributed by atoms with Crippen molar-refractivity contribution in [1.82, 2.24) is 15.4 Å². The molecule has 1 aromatic heterocycles. The molecule has 0 aliphatic carbocycles. The van der Waals surface area contributed by atoms with E-state index in [1.54, 1.807) is 42.0 Å². The van der Waals surface area contributed by atoms with Crippen molar-refractivity contribution in [3.63, 3.8) is 0 Å². The second-order valence-electron chi connectivity index (χ2n) is 6.32. The van der Waals surface area contributed by atoms with Gasteiger partial charge in [-0.25, -0.2) is 14.9 Å². The number of benzene rings is 2. The van der Waals surface area contributed by atoms with E-state index < -0.39 is 5.91 Å². The molecule has 8 heteroatoms. The van der Waals surface area contributed by atoms with Crippen LogP contribution in [0.25, 0.3) is 11.0 Å². The Kier molecular flexibility index (Phi) is 4.55. The molecule has 3 aromatic rings. The van der Waals surface area contributed by atoms with Crippen molar-refractivity contribution in [3.05, 3.63) is 60.0 Å². The molecule has 1 amide bonds. The van der Waals surface area contributed by atoms with Crippen LogP contribution < -0.4 is 15.3 Å². The minimum absolute atomic E-state index is 0.233. The fourth-order valence-corrected chi connectivity index (χ4v) is 3.20. The summed E-state index contributed by atoms with van der Waals surface area (Å²) >= 11 is 0. The number of rotatable bonds is 3. The third-order valence-corrected chi connectivity index (χ3v) is 4.69. The Morgan fingerprint density at radius 2 is 1.70 bits per heavy atom. The van der Waals surface area contributed by atoms with Crippen LogP contribution in [-0.2, 0) is 0 Å². The van der Waals surface area contributed by atoms with E-state index in [2.05, 4.69) is 19.8 Å². The lowest BCUT2D eigenvalue weighted by atomic mass is 10.2. The van der Waals surface area contributed by atoms with Gasteiger partial charge in [-0.2, -0.15) is 0 Å². The lowest BCUT2D eigenvalue weighted by Crippen LogP contribution is -2.46. The third kappa shape index (κ3) is 3.52. The summed E-state index contributed by atoms with van der Waals surface area (Å²) in [5.41, 5.74) is 4.21. The quantitative estimate of drug-likeness (QED) is 0.546. The summed E-state index contributed by atoms with van der Waals surface area (Å²) < 4.78 is 13.1. The van der Waals surface area contributed by atoms with Crippen LogP contribution in [0.5, 0.6) is 0 Å². The molecule has 2 aromatic carbocycles. The van der Waals surface area contributed by atoms with Crippen LogP contribution >= 0.6 is 0 Å². The first-order valence-corrected chi connectivity index (χ1v) is 8.61. The Hall–Kier alpha value is -3.26. The molecular formula is C19H18FN5O2. The third-order valence-electron chi connectivity index (χ3n) is 4.69. The topological polar surface area (TPSA) is 81.6 Å². The highest BCUT2D eigenvalue weighted by Gasteiger charge is 2.19. The highest BCUT2D eigenvalue weighted by atomic mass is 19.1. The smallest absolute Gasteiger partial charge is 0.274 e. The number of nitrogens with zero attached hydrogens (tertiary/aromatic N) is 4. The zero-order valence-corrected chi connectivity index (χ0v) is 14.5. The van der Waals surface area contributed by atoms with E-state index in [0.29, 0.717) is 16.6 Å². The van der Waals surface area contributed by atoms with E-state index in [-0.39, 0.29) is 5.82 Å². The lowest BCUT2D eigenvalue weighted by Gasteiger charge is -2.36. The van der Waals surface area contributed by atoms with Crippen LogP contribution in [-0.4, -0.2) is 47.3 Å². The van der Waals surface area contributed by atoms with E-state index in [9.17, 15) is 9.18 Å². The fourth-order valence-electron chi connectivity index (χ4n) is 3.20. The highest BCUT2D eigenvalue weighted by Crippen LogP contribution is 2.21. The average molecular weight is 367 g/mol. The monoisotopic (exact) mass is 367 g/mol. The normalized spacial score (nSPS) is 14.4. The first-order valence-electron chi connectivity index (χ1n) is 8.61. The number of aromatic nitrogens is 2. The minimum Gasteiger partial charge on any atom is -0.368 e. The molecule has 0 spiro atoms. The summed E-state index contributed by atoms with van der Waals surface area (Å²) in [5, 5.41) is 8.73. The number of hydrogen-bond acceptors (Lipinski definition) is 6. The summed E-state index contributed by atoms with van der Waals surface area (Å²) in [5.74, 6) is -0.0382. The van der Waals surface area contributed by atoms with Gasteiger partial charge in [-0.15, -0.1) is 0 Å².